The number of ether oxygens (including phenoxy) is 1. The Hall–Kier alpha value is -1.10. The van der Waals surface area contributed by atoms with Crippen molar-refractivity contribution in [3.8, 4) is 5.75 Å². The van der Waals surface area contributed by atoms with Gasteiger partial charge >= 0.3 is 0 Å². The Kier molecular flexibility index (Phi) is 6.03. The maximum absolute atomic E-state index is 13.0. The number of carbonyl (C=O) groups excluding carboxylic acids is 1. The molecule has 1 N–H and O–H groups in total. The van der Waals surface area contributed by atoms with Crippen LogP contribution in [-0.4, -0.2) is 18.1 Å². The summed E-state index contributed by atoms with van der Waals surface area (Å²) in [6.07, 6.45) is 6.32. The van der Waals surface area contributed by atoms with Crippen LogP contribution in [0.25, 0.3) is 0 Å². The first-order valence-electron chi connectivity index (χ1n) is 7.48. The number of hydrogen-bond donors (Lipinski definition) is 1. The predicted molar refractivity (Wildman–Crippen MR) is 83.8 cm³/mol. The maximum atomic E-state index is 13.0. The van der Waals surface area contributed by atoms with Gasteiger partial charge in [0.1, 0.15) is 11.6 Å². The third-order valence-corrected chi connectivity index (χ3v) is 4.39. The van der Waals surface area contributed by atoms with Crippen molar-refractivity contribution in [2.45, 2.75) is 57.6 Å². The minimum Gasteiger partial charge on any atom is -0.480 e. The van der Waals surface area contributed by atoms with Gasteiger partial charge in [-0.3, -0.25) is 4.79 Å². The monoisotopic (exact) mass is 357 g/mol. The fraction of sp³-hybridized carbons (Fsp3) is 0.562. The van der Waals surface area contributed by atoms with Gasteiger partial charge in [0.2, 0.25) is 0 Å². The van der Waals surface area contributed by atoms with E-state index in [1.54, 1.807) is 6.92 Å². The average Bonchev–Trinajstić information content (AvgIpc) is 2.70. The number of halogens is 2. The van der Waals surface area contributed by atoms with Gasteiger partial charge in [0.25, 0.3) is 5.91 Å². The first kappa shape index (κ1) is 16.3. The fourth-order valence-electron chi connectivity index (χ4n) is 2.56. The van der Waals surface area contributed by atoms with E-state index in [1.165, 1.54) is 43.9 Å². The highest BCUT2D eigenvalue weighted by Crippen LogP contribution is 2.26. The molecular weight excluding hydrogens is 337 g/mol. The number of hydrogen-bond acceptors (Lipinski definition) is 2. The normalized spacial score (nSPS) is 17.9. The lowest BCUT2D eigenvalue weighted by Crippen LogP contribution is -2.42. The Morgan fingerprint density at radius 2 is 2.00 bits per heavy atom. The first-order valence-corrected chi connectivity index (χ1v) is 8.27. The lowest BCUT2D eigenvalue weighted by atomic mass is 10.1. The molecule has 0 aliphatic heterocycles. The Labute approximate surface area is 133 Å². The summed E-state index contributed by atoms with van der Waals surface area (Å²) < 4.78 is 19.1. The van der Waals surface area contributed by atoms with Crippen LogP contribution >= 0.6 is 15.9 Å². The number of benzene rings is 1. The van der Waals surface area contributed by atoms with Gasteiger partial charge in [0.15, 0.2) is 6.10 Å². The molecule has 0 spiro atoms. The highest BCUT2D eigenvalue weighted by atomic mass is 79.9. The zero-order chi connectivity index (χ0) is 15.2. The van der Waals surface area contributed by atoms with E-state index in [1.807, 2.05) is 0 Å². The van der Waals surface area contributed by atoms with Crippen molar-refractivity contribution in [1.29, 1.82) is 0 Å². The zero-order valence-corrected chi connectivity index (χ0v) is 13.8. The fourth-order valence-corrected chi connectivity index (χ4v) is 3.00. The summed E-state index contributed by atoms with van der Waals surface area (Å²) in [4.78, 5) is 12.2. The Morgan fingerprint density at radius 1 is 1.33 bits per heavy atom. The summed E-state index contributed by atoms with van der Waals surface area (Å²) in [6, 6.07) is 4.42. The molecular formula is C16H21BrFNO2. The number of amides is 1. The van der Waals surface area contributed by atoms with Crippen LogP contribution in [0.2, 0.25) is 0 Å². The molecule has 5 heteroatoms. The van der Waals surface area contributed by atoms with Crippen LogP contribution < -0.4 is 10.1 Å². The molecule has 1 aromatic rings. The van der Waals surface area contributed by atoms with Crippen LogP contribution in [0.5, 0.6) is 5.75 Å². The second kappa shape index (κ2) is 7.78. The van der Waals surface area contributed by atoms with Gasteiger partial charge in [-0.25, -0.2) is 4.39 Å². The molecule has 0 saturated heterocycles. The molecule has 1 fully saturated rings. The summed E-state index contributed by atoms with van der Waals surface area (Å²) in [5, 5.41) is 3.06. The Balaban J connectivity index is 1.89. The van der Waals surface area contributed by atoms with Crippen LogP contribution in [0.1, 0.15) is 45.4 Å². The molecule has 0 aromatic heterocycles. The van der Waals surface area contributed by atoms with Crippen LogP contribution in [0.15, 0.2) is 22.7 Å². The van der Waals surface area contributed by atoms with E-state index < -0.39 is 6.10 Å². The van der Waals surface area contributed by atoms with E-state index in [2.05, 4.69) is 21.2 Å². The van der Waals surface area contributed by atoms with Crippen molar-refractivity contribution >= 4 is 21.8 Å². The van der Waals surface area contributed by atoms with Gasteiger partial charge in [-0.1, -0.05) is 25.7 Å². The molecule has 21 heavy (non-hydrogen) atoms. The molecule has 2 rings (SSSR count). The summed E-state index contributed by atoms with van der Waals surface area (Å²) in [5.74, 6) is 0.0165. The minimum absolute atomic E-state index is 0.113. The molecule has 0 heterocycles. The number of rotatable bonds is 4. The smallest absolute Gasteiger partial charge is 0.260 e. The molecule has 0 bridgehead atoms. The Bertz CT molecular complexity index is 487. The van der Waals surface area contributed by atoms with E-state index >= 15 is 0 Å². The third-order valence-electron chi connectivity index (χ3n) is 3.77. The number of nitrogens with one attached hydrogen (secondary N) is 1. The van der Waals surface area contributed by atoms with E-state index in [4.69, 9.17) is 4.74 Å². The second-order valence-corrected chi connectivity index (χ2v) is 6.39. The minimum atomic E-state index is -0.602. The van der Waals surface area contributed by atoms with Gasteiger partial charge in [-0.2, -0.15) is 0 Å². The first-order chi connectivity index (χ1) is 10.1. The molecule has 0 radical (unpaired) electrons. The summed E-state index contributed by atoms with van der Waals surface area (Å²) in [6.45, 7) is 1.71. The van der Waals surface area contributed by atoms with Gasteiger partial charge in [-0.15, -0.1) is 0 Å². The SMILES string of the molecule is C[C@H](Oc1ccc(F)cc1Br)C(=O)NC1CCCCCC1. The third kappa shape index (κ3) is 4.99. The maximum Gasteiger partial charge on any atom is 0.260 e. The van der Waals surface area contributed by atoms with E-state index in [0.717, 1.165) is 12.8 Å². The van der Waals surface area contributed by atoms with E-state index in [0.29, 0.717) is 10.2 Å². The van der Waals surface area contributed by atoms with Crippen molar-refractivity contribution in [2.75, 3.05) is 0 Å². The molecule has 1 amide bonds. The van der Waals surface area contributed by atoms with Gasteiger partial charge in [0.05, 0.1) is 4.47 Å². The van der Waals surface area contributed by atoms with Crippen LogP contribution in [-0.2, 0) is 4.79 Å². The predicted octanol–water partition coefficient (Wildman–Crippen LogP) is 4.19. The zero-order valence-electron chi connectivity index (χ0n) is 12.2. The van der Waals surface area contributed by atoms with E-state index in [-0.39, 0.29) is 17.8 Å². The second-order valence-electron chi connectivity index (χ2n) is 5.53. The lowest BCUT2D eigenvalue weighted by molar-refractivity contribution is -0.128. The van der Waals surface area contributed by atoms with Gasteiger partial charge in [-0.05, 0) is 53.9 Å². The van der Waals surface area contributed by atoms with E-state index in [9.17, 15) is 9.18 Å². The summed E-state index contributed by atoms with van der Waals surface area (Å²) in [5.41, 5.74) is 0. The summed E-state index contributed by atoms with van der Waals surface area (Å²) >= 11 is 3.24. The highest BCUT2D eigenvalue weighted by molar-refractivity contribution is 9.10. The molecule has 1 saturated carbocycles. The van der Waals surface area contributed by atoms with Crippen molar-refractivity contribution in [3.63, 3.8) is 0 Å². The molecule has 0 unspecified atom stereocenters. The van der Waals surface area contributed by atoms with Crippen molar-refractivity contribution in [1.82, 2.24) is 5.32 Å². The Morgan fingerprint density at radius 3 is 2.62 bits per heavy atom. The molecule has 3 nitrogen and oxygen atoms in total. The molecule has 1 aliphatic rings. The summed E-state index contributed by atoms with van der Waals surface area (Å²) in [7, 11) is 0. The lowest BCUT2D eigenvalue weighted by Gasteiger charge is -2.20. The van der Waals surface area contributed by atoms with Crippen LogP contribution in [0, 0.1) is 5.82 Å². The molecule has 1 aromatic carbocycles. The van der Waals surface area contributed by atoms with Crippen LogP contribution in [0.3, 0.4) is 0 Å². The standard InChI is InChI=1S/C16H21BrFNO2/c1-11(21-15-9-8-12(18)10-14(15)17)16(20)19-13-6-4-2-3-5-7-13/h8-11,13H,2-7H2,1H3,(H,19,20)/t11-/m0/s1. The molecule has 1 atom stereocenters. The van der Waals surface area contributed by atoms with Crippen molar-refractivity contribution in [2.24, 2.45) is 0 Å². The topological polar surface area (TPSA) is 38.3 Å². The number of carbonyl (C=O) groups is 1. The van der Waals surface area contributed by atoms with Crippen LogP contribution in [0.4, 0.5) is 4.39 Å². The largest absolute Gasteiger partial charge is 0.480 e. The van der Waals surface area contributed by atoms with Gasteiger partial charge < -0.3 is 10.1 Å². The van der Waals surface area contributed by atoms with Gasteiger partial charge in [0, 0.05) is 6.04 Å². The average molecular weight is 358 g/mol. The highest BCUT2D eigenvalue weighted by Gasteiger charge is 2.20. The quantitative estimate of drug-likeness (QED) is 0.820. The molecule has 1 aliphatic carbocycles. The van der Waals surface area contributed by atoms with Crippen molar-refractivity contribution < 1.29 is 13.9 Å². The molecule has 116 valence electrons. The van der Waals surface area contributed by atoms with Crippen molar-refractivity contribution in [3.05, 3.63) is 28.5 Å².